The first-order chi connectivity index (χ1) is 11.5. The quantitative estimate of drug-likeness (QED) is 0.362. The van der Waals surface area contributed by atoms with Crippen LogP contribution in [-0.2, 0) is 4.57 Å². The van der Waals surface area contributed by atoms with Crippen LogP contribution in [0.2, 0.25) is 0 Å². The fraction of sp³-hybridized carbons (Fsp3) is 0.500. The van der Waals surface area contributed by atoms with Gasteiger partial charge in [-0.25, -0.2) is 4.39 Å². The summed E-state index contributed by atoms with van der Waals surface area (Å²) < 4.78 is 26.1. The third-order valence-electron chi connectivity index (χ3n) is 4.16. The molecule has 0 aliphatic heterocycles. The van der Waals surface area contributed by atoms with Gasteiger partial charge in [-0.05, 0) is 25.1 Å². The summed E-state index contributed by atoms with van der Waals surface area (Å²) in [4.78, 5) is 47.8. The predicted octanol–water partition coefficient (Wildman–Crippen LogP) is -1.52. The van der Waals surface area contributed by atoms with Crippen molar-refractivity contribution >= 4 is 19.2 Å². The van der Waals surface area contributed by atoms with Gasteiger partial charge in [-0.3, -0.25) is 19.1 Å². The van der Waals surface area contributed by atoms with Crippen molar-refractivity contribution in [2.45, 2.75) is 31.7 Å². The first-order valence-electron chi connectivity index (χ1n) is 7.47. The van der Waals surface area contributed by atoms with Gasteiger partial charge >= 0.3 is 18.7 Å². The van der Waals surface area contributed by atoms with E-state index < -0.39 is 30.2 Å². The summed E-state index contributed by atoms with van der Waals surface area (Å²) in [7, 11) is -4.42. The number of H-pyrrole nitrogens is 2. The van der Waals surface area contributed by atoms with Gasteiger partial charge in [-0.2, -0.15) is 5.26 Å². The molecule has 1 aromatic rings. The van der Waals surface area contributed by atoms with Crippen LogP contribution in [0.1, 0.15) is 20.3 Å². The molecule has 0 spiro atoms. The number of nitrogens with one attached hydrogen (secondary N) is 2. The molecule has 0 fully saturated rings. The summed E-state index contributed by atoms with van der Waals surface area (Å²) in [6, 6.07) is 1.51. The zero-order chi connectivity index (χ0) is 19.0. The predicted molar refractivity (Wildman–Crippen MR) is 87.6 cm³/mol. The monoisotopic (exact) mass is 372 g/mol. The minimum Gasteiger partial charge on any atom is -0.323 e. The smallest absolute Gasteiger partial charge is 0.323 e. The number of aromatic amines is 2. The Morgan fingerprint density at radius 3 is 2.56 bits per heavy atom. The normalized spacial score (nSPS) is 21.4. The van der Waals surface area contributed by atoms with Crippen LogP contribution < -0.4 is 21.8 Å². The molecule has 25 heavy (non-hydrogen) atoms. The summed E-state index contributed by atoms with van der Waals surface area (Å²) in [5, 5.41) is 9.20. The summed E-state index contributed by atoms with van der Waals surface area (Å²) >= 11 is 0. The summed E-state index contributed by atoms with van der Waals surface area (Å²) in [5.41, 5.74) is -4.04. The third-order valence-corrected chi connectivity index (χ3v) is 5.46. The molecule has 2 unspecified atom stereocenters. The van der Waals surface area contributed by atoms with Gasteiger partial charge in [-0.1, -0.05) is 6.92 Å². The summed E-state index contributed by atoms with van der Waals surface area (Å²) in [6.45, 7) is 3.17. The minimum atomic E-state index is -4.42. The molecular formula is C14H18FN4O5P. The van der Waals surface area contributed by atoms with Crippen molar-refractivity contribution in [2.24, 2.45) is 0 Å². The van der Waals surface area contributed by atoms with Crippen molar-refractivity contribution in [3.05, 3.63) is 31.4 Å². The number of nitrogens with zero attached hydrogens (tertiary/aromatic N) is 2. The topological polar surface area (TPSA) is 150 Å². The van der Waals surface area contributed by atoms with E-state index in [0.717, 1.165) is 6.08 Å². The number of rotatable bonds is 5. The van der Waals surface area contributed by atoms with E-state index in [9.17, 15) is 28.3 Å². The molecule has 0 saturated carbocycles. The molecule has 11 heteroatoms. The fourth-order valence-electron chi connectivity index (χ4n) is 2.72. The number of alkyl halides is 1. The van der Waals surface area contributed by atoms with Crippen LogP contribution in [0, 0.1) is 11.3 Å². The van der Waals surface area contributed by atoms with Crippen molar-refractivity contribution in [3.8, 4) is 6.07 Å². The van der Waals surface area contributed by atoms with E-state index in [1.54, 1.807) is 6.92 Å². The number of hydrogen-bond donors (Lipinski definition) is 4. The maximum absolute atomic E-state index is 14.6. The maximum atomic E-state index is 14.6. The van der Waals surface area contributed by atoms with Crippen LogP contribution >= 0.6 is 7.60 Å². The Morgan fingerprint density at radius 1 is 1.44 bits per heavy atom. The second kappa shape index (κ2) is 6.69. The lowest BCUT2D eigenvalue weighted by atomic mass is 9.92. The molecule has 0 aromatic carbocycles. The first kappa shape index (κ1) is 19.3. The zero-order valence-electron chi connectivity index (χ0n) is 13.6. The van der Waals surface area contributed by atoms with Gasteiger partial charge in [0.2, 0.25) is 5.67 Å². The summed E-state index contributed by atoms with van der Waals surface area (Å²) in [6.07, 6.45) is 0.536. The molecule has 2 rings (SSSR count). The SMILES string of the molecule is CCN(CC1=c2[nH]c(=O)c(=O)[nH]c2=CC(F)(C#N)C1)C(C)P(=O)(O)O. The molecule has 0 radical (unpaired) electrons. The second-order valence-corrected chi connectivity index (χ2v) is 7.81. The lowest BCUT2D eigenvalue weighted by Crippen LogP contribution is -2.52. The van der Waals surface area contributed by atoms with Crippen molar-refractivity contribution in [1.29, 1.82) is 5.26 Å². The van der Waals surface area contributed by atoms with Gasteiger partial charge in [0.15, 0.2) is 0 Å². The van der Waals surface area contributed by atoms with Crippen molar-refractivity contribution in [1.82, 2.24) is 14.9 Å². The fourth-order valence-corrected chi connectivity index (χ4v) is 3.39. The average molecular weight is 372 g/mol. The number of aromatic nitrogens is 2. The number of hydrogen-bond acceptors (Lipinski definition) is 5. The van der Waals surface area contributed by atoms with Crippen molar-refractivity contribution in [3.63, 3.8) is 0 Å². The van der Waals surface area contributed by atoms with Gasteiger partial charge in [-0.15, -0.1) is 0 Å². The molecule has 4 N–H and O–H groups in total. The van der Waals surface area contributed by atoms with Gasteiger partial charge in [0.1, 0.15) is 11.9 Å². The average Bonchev–Trinajstić information content (AvgIpc) is 2.52. The van der Waals surface area contributed by atoms with Crippen molar-refractivity contribution < 1.29 is 18.7 Å². The largest absolute Gasteiger partial charge is 0.342 e. The molecule has 0 amide bonds. The minimum absolute atomic E-state index is 0.0326. The molecule has 1 heterocycles. The molecule has 9 nitrogen and oxygen atoms in total. The molecular weight excluding hydrogens is 354 g/mol. The molecule has 1 aliphatic rings. The van der Waals surface area contributed by atoms with E-state index in [2.05, 4.69) is 9.97 Å². The highest BCUT2D eigenvalue weighted by Crippen LogP contribution is 2.43. The zero-order valence-corrected chi connectivity index (χ0v) is 14.5. The molecule has 2 atom stereocenters. The van der Waals surface area contributed by atoms with Gasteiger partial charge in [0, 0.05) is 13.0 Å². The van der Waals surface area contributed by atoms with Crippen LogP contribution in [0.15, 0.2) is 9.59 Å². The van der Waals surface area contributed by atoms with E-state index in [4.69, 9.17) is 5.26 Å². The van der Waals surface area contributed by atoms with Crippen LogP contribution in [0.5, 0.6) is 0 Å². The van der Waals surface area contributed by atoms with Gasteiger partial charge in [0.25, 0.3) is 0 Å². The Balaban J connectivity index is 2.64. The molecule has 0 saturated heterocycles. The summed E-state index contributed by atoms with van der Waals surface area (Å²) in [5.74, 6) is -1.13. The van der Waals surface area contributed by atoms with Crippen LogP contribution in [0.25, 0.3) is 11.6 Å². The molecule has 1 aliphatic carbocycles. The molecule has 0 bridgehead atoms. The van der Waals surface area contributed by atoms with Crippen LogP contribution in [0.4, 0.5) is 4.39 Å². The van der Waals surface area contributed by atoms with E-state index in [1.807, 2.05) is 0 Å². The van der Waals surface area contributed by atoms with Gasteiger partial charge in [0.05, 0.1) is 10.7 Å². The Labute approximate surface area is 141 Å². The number of nitriles is 1. The first-order valence-corrected chi connectivity index (χ1v) is 9.16. The lowest BCUT2D eigenvalue weighted by Gasteiger charge is -2.30. The van der Waals surface area contributed by atoms with E-state index in [1.165, 1.54) is 17.9 Å². The number of fused-ring (bicyclic) bond motifs is 1. The number of halogens is 1. The highest BCUT2D eigenvalue weighted by atomic mass is 31.2. The highest BCUT2D eigenvalue weighted by molar-refractivity contribution is 7.52. The Hall–Kier alpha value is -2.05. The Bertz CT molecular complexity index is 1000. The van der Waals surface area contributed by atoms with E-state index in [0.29, 0.717) is 0 Å². The van der Waals surface area contributed by atoms with E-state index >= 15 is 0 Å². The third kappa shape index (κ3) is 3.96. The lowest BCUT2D eigenvalue weighted by molar-refractivity contribution is 0.248. The standard InChI is InChI=1S/C14H18FN4O5P/c1-3-19(8(2)25(22,23)24)6-9-4-14(15,7-16)5-10-11(9)18-13(21)12(20)17-10/h5,8H,3-4,6H2,1-2H3,(H,17,20)(H,18,21)(H2,22,23,24). The highest BCUT2D eigenvalue weighted by Gasteiger charge is 2.35. The Kier molecular flexibility index (Phi) is 5.16. The maximum Gasteiger partial charge on any atom is 0.342 e. The molecule has 136 valence electrons. The van der Waals surface area contributed by atoms with Crippen LogP contribution in [0.3, 0.4) is 0 Å². The van der Waals surface area contributed by atoms with E-state index in [-0.39, 0.29) is 35.8 Å². The van der Waals surface area contributed by atoms with Crippen LogP contribution in [-0.4, -0.2) is 49.2 Å². The Morgan fingerprint density at radius 2 is 2.04 bits per heavy atom. The van der Waals surface area contributed by atoms with Gasteiger partial charge < -0.3 is 19.8 Å². The molecule has 1 aromatic heterocycles. The van der Waals surface area contributed by atoms with Crippen molar-refractivity contribution in [2.75, 3.05) is 13.1 Å². The second-order valence-electron chi connectivity index (χ2n) is 5.88.